The SMILES string of the molecule is CCc1ccc(C)c2sc(N)cc12. The minimum absolute atomic E-state index is 0.916. The lowest BCUT2D eigenvalue weighted by atomic mass is 10.1. The molecule has 0 atom stereocenters. The van der Waals surface area contributed by atoms with Gasteiger partial charge in [-0.15, -0.1) is 11.3 Å². The van der Waals surface area contributed by atoms with E-state index in [1.165, 1.54) is 21.2 Å². The molecule has 1 heterocycles. The van der Waals surface area contributed by atoms with Crippen LogP contribution in [0, 0.1) is 6.92 Å². The van der Waals surface area contributed by atoms with E-state index in [9.17, 15) is 0 Å². The quantitative estimate of drug-likeness (QED) is 0.735. The largest absolute Gasteiger partial charge is 0.391 e. The lowest BCUT2D eigenvalue weighted by molar-refractivity contribution is 1.16. The fourth-order valence-electron chi connectivity index (χ4n) is 1.64. The highest BCUT2D eigenvalue weighted by molar-refractivity contribution is 7.22. The van der Waals surface area contributed by atoms with Gasteiger partial charge in [0.05, 0.1) is 5.00 Å². The highest BCUT2D eigenvalue weighted by Crippen LogP contribution is 2.32. The van der Waals surface area contributed by atoms with Gasteiger partial charge in [-0.2, -0.15) is 0 Å². The number of thiophene rings is 1. The van der Waals surface area contributed by atoms with Crippen LogP contribution in [0.5, 0.6) is 0 Å². The molecule has 0 amide bonds. The number of rotatable bonds is 1. The van der Waals surface area contributed by atoms with Crippen LogP contribution < -0.4 is 5.73 Å². The highest BCUT2D eigenvalue weighted by Gasteiger charge is 2.05. The average Bonchev–Trinajstić information content (AvgIpc) is 2.48. The average molecular weight is 191 g/mol. The molecule has 0 radical (unpaired) electrons. The number of hydrogen-bond donors (Lipinski definition) is 1. The number of benzene rings is 1. The van der Waals surface area contributed by atoms with Gasteiger partial charge in [0.2, 0.25) is 0 Å². The summed E-state index contributed by atoms with van der Waals surface area (Å²) in [4.78, 5) is 0. The Morgan fingerprint density at radius 1 is 1.38 bits per heavy atom. The van der Waals surface area contributed by atoms with E-state index in [-0.39, 0.29) is 0 Å². The van der Waals surface area contributed by atoms with Crippen LogP contribution in [-0.2, 0) is 6.42 Å². The molecule has 0 aliphatic carbocycles. The Morgan fingerprint density at radius 2 is 2.15 bits per heavy atom. The third-order valence-electron chi connectivity index (χ3n) is 2.37. The van der Waals surface area contributed by atoms with Crippen LogP contribution in [0.3, 0.4) is 0 Å². The third-order valence-corrected chi connectivity index (χ3v) is 3.47. The summed E-state index contributed by atoms with van der Waals surface area (Å²) in [6.45, 7) is 4.32. The molecule has 0 fully saturated rings. The van der Waals surface area contributed by atoms with Gasteiger partial charge in [-0.1, -0.05) is 19.1 Å². The number of hydrogen-bond acceptors (Lipinski definition) is 2. The molecule has 1 nitrogen and oxygen atoms in total. The molecule has 68 valence electrons. The van der Waals surface area contributed by atoms with Crippen LogP contribution in [0.2, 0.25) is 0 Å². The molecule has 1 aromatic heterocycles. The summed E-state index contributed by atoms with van der Waals surface area (Å²) in [5.41, 5.74) is 8.53. The third kappa shape index (κ3) is 1.31. The first-order chi connectivity index (χ1) is 6.22. The standard InChI is InChI=1S/C11H13NS/c1-3-8-5-4-7(2)11-9(8)6-10(12)13-11/h4-6H,3,12H2,1-2H3. The lowest BCUT2D eigenvalue weighted by Gasteiger charge is -2.00. The summed E-state index contributed by atoms with van der Waals surface area (Å²) in [6, 6.07) is 6.47. The van der Waals surface area contributed by atoms with E-state index < -0.39 is 0 Å². The molecular weight excluding hydrogens is 178 g/mol. The maximum atomic E-state index is 5.80. The normalized spacial score (nSPS) is 10.9. The van der Waals surface area contributed by atoms with E-state index in [1.807, 2.05) is 0 Å². The van der Waals surface area contributed by atoms with Gasteiger partial charge in [0, 0.05) is 4.70 Å². The van der Waals surface area contributed by atoms with Crippen molar-refractivity contribution in [1.29, 1.82) is 0 Å². The van der Waals surface area contributed by atoms with E-state index >= 15 is 0 Å². The van der Waals surface area contributed by atoms with E-state index in [1.54, 1.807) is 11.3 Å². The number of nitrogen functional groups attached to an aromatic ring is 1. The van der Waals surface area contributed by atoms with Gasteiger partial charge in [-0.3, -0.25) is 0 Å². The zero-order chi connectivity index (χ0) is 9.42. The molecule has 0 spiro atoms. The van der Waals surface area contributed by atoms with E-state index in [0.717, 1.165) is 11.4 Å². The molecule has 0 aliphatic heterocycles. The first-order valence-electron chi connectivity index (χ1n) is 4.50. The van der Waals surface area contributed by atoms with Gasteiger partial charge in [-0.25, -0.2) is 0 Å². The van der Waals surface area contributed by atoms with Gasteiger partial charge in [-0.05, 0) is 35.9 Å². The maximum absolute atomic E-state index is 5.80. The Kier molecular flexibility index (Phi) is 2.00. The molecule has 0 saturated carbocycles. The van der Waals surface area contributed by atoms with Crippen molar-refractivity contribution in [3.8, 4) is 0 Å². The number of fused-ring (bicyclic) bond motifs is 1. The molecule has 0 saturated heterocycles. The monoisotopic (exact) mass is 191 g/mol. The smallest absolute Gasteiger partial charge is 0.0869 e. The molecule has 2 rings (SSSR count). The molecule has 0 aliphatic rings. The fraction of sp³-hybridized carbons (Fsp3) is 0.273. The molecule has 2 heteroatoms. The zero-order valence-electron chi connectivity index (χ0n) is 7.92. The van der Waals surface area contributed by atoms with Crippen LogP contribution in [0.25, 0.3) is 10.1 Å². The van der Waals surface area contributed by atoms with Crippen LogP contribution in [0.15, 0.2) is 18.2 Å². The lowest BCUT2D eigenvalue weighted by Crippen LogP contribution is -1.81. The molecule has 13 heavy (non-hydrogen) atoms. The predicted molar refractivity (Wildman–Crippen MR) is 60.4 cm³/mol. The Morgan fingerprint density at radius 3 is 2.85 bits per heavy atom. The minimum atomic E-state index is 0.916. The van der Waals surface area contributed by atoms with Crippen molar-refractivity contribution in [1.82, 2.24) is 0 Å². The summed E-state index contributed by atoms with van der Waals surface area (Å²) in [6.07, 6.45) is 1.08. The summed E-state index contributed by atoms with van der Waals surface area (Å²) >= 11 is 1.69. The number of nitrogens with two attached hydrogens (primary N) is 1. The molecular formula is C11H13NS. The topological polar surface area (TPSA) is 26.0 Å². The Labute approximate surface area is 82.2 Å². The van der Waals surface area contributed by atoms with Gasteiger partial charge in [0.1, 0.15) is 0 Å². The maximum Gasteiger partial charge on any atom is 0.0869 e. The Hall–Kier alpha value is -1.02. The first-order valence-corrected chi connectivity index (χ1v) is 5.31. The molecule has 1 aromatic carbocycles. The molecule has 2 N–H and O–H groups in total. The van der Waals surface area contributed by atoms with E-state index in [2.05, 4.69) is 32.0 Å². The highest BCUT2D eigenvalue weighted by atomic mass is 32.1. The van der Waals surface area contributed by atoms with E-state index in [4.69, 9.17) is 5.73 Å². The van der Waals surface area contributed by atoms with Crippen molar-refractivity contribution in [2.24, 2.45) is 0 Å². The Balaban J connectivity index is 2.83. The van der Waals surface area contributed by atoms with Crippen LogP contribution in [0.4, 0.5) is 5.00 Å². The summed E-state index contributed by atoms with van der Waals surface area (Å²) in [5.74, 6) is 0. The van der Waals surface area contributed by atoms with Crippen molar-refractivity contribution in [3.63, 3.8) is 0 Å². The summed E-state index contributed by atoms with van der Waals surface area (Å²) < 4.78 is 1.34. The van der Waals surface area contributed by atoms with Crippen molar-refractivity contribution >= 4 is 26.4 Å². The summed E-state index contributed by atoms with van der Waals surface area (Å²) in [7, 11) is 0. The van der Waals surface area contributed by atoms with E-state index in [0.29, 0.717) is 0 Å². The first kappa shape index (κ1) is 8.57. The van der Waals surface area contributed by atoms with Crippen LogP contribution >= 0.6 is 11.3 Å². The number of aryl methyl sites for hydroxylation is 2. The second-order valence-electron chi connectivity index (χ2n) is 3.29. The van der Waals surface area contributed by atoms with Gasteiger partial charge < -0.3 is 5.73 Å². The predicted octanol–water partition coefficient (Wildman–Crippen LogP) is 3.35. The second kappa shape index (κ2) is 3.04. The van der Waals surface area contributed by atoms with Crippen LogP contribution in [0.1, 0.15) is 18.1 Å². The van der Waals surface area contributed by atoms with Crippen molar-refractivity contribution in [3.05, 3.63) is 29.3 Å². The number of anilines is 1. The van der Waals surface area contributed by atoms with Gasteiger partial charge in [0.15, 0.2) is 0 Å². The van der Waals surface area contributed by atoms with Crippen molar-refractivity contribution in [2.75, 3.05) is 5.73 Å². The minimum Gasteiger partial charge on any atom is -0.391 e. The van der Waals surface area contributed by atoms with Gasteiger partial charge >= 0.3 is 0 Å². The van der Waals surface area contributed by atoms with Crippen molar-refractivity contribution in [2.45, 2.75) is 20.3 Å². The van der Waals surface area contributed by atoms with Gasteiger partial charge in [0.25, 0.3) is 0 Å². The Bertz CT molecular complexity index is 443. The second-order valence-corrected chi connectivity index (χ2v) is 4.37. The van der Waals surface area contributed by atoms with Crippen molar-refractivity contribution < 1.29 is 0 Å². The molecule has 0 unspecified atom stereocenters. The zero-order valence-corrected chi connectivity index (χ0v) is 8.74. The fourth-order valence-corrected chi connectivity index (χ4v) is 2.58. The molecule has 0 bridgehead atoms. The molecule has 2 aromatic rings. The summed E-state index contributed by atoms with van der Waals surface area (Å²) in [5, 5.41) is 2.25. The van der Waals surface area contributed by atoms with Crippen LogP contribution in [-0.4, -0.2) is 0 Å².